The van der Waals surface area contributed by atoms with Crippen molar-refractivity contribution in [1.29, 1.82) is 0 Å². The first-order valence-corrected chi connectivity index (χ1v) is 24.2. The van der Waals surface area contributed by atoms with Gasteiger partial charge in [0.2, 0.25) is 0 Å². The summed E-state index contributed by atoms with van der Waals surface area (Å²) in [5.41, 5.74) is 0. The number of hydrogen-bond donors (Lipinski definition) is 4. The van der Waals surface area contributed by atoms with Gasteiger partial charge in [-0.1, -0.05) is 185 Å². The zero-order chi connectivity index (χ0) is 42.6. The van der Waals surface area contributed by atoms with Gasteiger partial charge < -0.3 is 39.4 Å². The fourth-order valence-corrected chi connectivity index (χ4v) is 8.39. The van der Waals surface area contributed by atoms with Gasteiger partial charge in [-0.25, -0.2) is 0 Å². The zero-order valence-corrected chi connectivity index (χ0v) is 39.2. The Kier molecular flexibility index (Phi) is 32.0. The van der Waals surface area contributed by atoms with Crippen molar-refractivity contribution in [3.05, 3.63) is 0 Å². The molecule has 1 rings (SSSR count). The Balaban J connectivity index is 2.42. The highest BCUT2D eigenvalue weighted by Crippen LogP contribution is 2.27. The number of rotatable bonds is 38. The predicted octanol–water partition coefficient (Wildman–Crippen LogP) is 11.1. The third-order valence-corrected chi connectivity index (χ3v) is 12.8. The Morgan fingerprint density at radius 3 is 1.23 bits per heavy atom. The minimum Gasteiger partial charge on any atom is -0.394 e. The fourth-order valence-electron chi connectivity index (χ4n) is 8.39. The molecule has 8 nitrogen and oxygen atoms in total. The minimum atomic E-state index is -1.35. The standard InChI is InChI=1S/C49H98O8/c1-36(2)17-11-19-38(5)21-13-23-40(7)25-15-27-42(9)29-31-54-34-44(35-56-49-47(53)46(52)48(57-49)45(51)33-50)55-32-30-43(10)28-16-26-41(8)24-14-22-39(6)20-12-18-37(3)4/h36-53H,11-35H2,1-10H3/t38-,39-,40-,41-,42?,43?,44+,45-,46-,47+,48-,49+/m1/s1. The van der Waals surface area contributed by atoms with Crippen LogP contribution in [-0.4, -0.2) is 90.3 Å². The van der Waals surface area contributed by atoms with Crippen LogP contribution in [0.15, 0.2) is 0 Å². The van der Waals surface area contributed by atoms with E-state index in [2.05, 4.69) is 69.2 Å². The molecule has 4 N–H and O–H groups in total. The van der Waals surface area contributed by atoms with Crippen LogP contribution in [0.2, 0.25) is 0 Å². The molecule has 0 aromatic heterocycles. The molecule has 8 heteroatoms. The van der Waals surface area contributed by atoms with E-state index in [1.807, 2.05) is 0 Å². The van der Waals surface area contributed by atoms with Gasteiger partial charge >= 0.3 is 0 Å². The smallest absolute Gasteiger partial charge is 0.186 e. The molecule has 12 atom stereocenters. The summed E-state index contributed by atoms with van der Waals surface area (Å²) in [5.74, 6) is 6.06. The Hall–Kier alpha value is -0.320. The maximum Gasteiger partial charge on any atom is 0.186 e. The van der Waals surface area contributed by atoms with Crippen molar-refractivity contribution in [2.24, 2.45) is 47.3 Å². The lowest BCUT2D eigenvalue weighted by atomic mass is 9.91. The van der Waals surface area contributed by atoms with Gasteiger partial charge in [-0.3, -0.25) is 0 Å². The van der Waals surface area contributed by atoms with Crippen LogP contribution in [0.5, 0.6) is 0 Å². The van der Waals surface area contributed by atoms with Gasteiger partial charge in [-0.15, -0.1) is 0 Å². The lowest BCUT2D eigenvalue weighted by Gasteiger charge is -2.23. The number of hydrogen-bond acceptors (Lipinski definition) is 8. The van der Waals surface area contributed by atoms with Crippen molar-refractivity contribution in [3.8, 4) is 0 Å². The monoisotopic (exact) mass is 815 g/mol. The first-order valence-electron chi connectivity index (χ1n) is 24.2. The van der Waals surface area contributed by atoms with Crippen LogP contribution in [-0.2, 0) is 18.9 Å². The Bertz CT molecular complexity index is 903. The van der Waals surface area contributed by atoms with E-state index in [1.54, 1.807) is 0 Å². The van der Waals surface area contributed by atoms with Crippen molar-refractivity contribution in [2.75, 3.05) is 33.0 Å². The quantitative estimate of drug-likeness (QED) is 0.0455. The zero-order valence-electron chi connectivity index (χ0n) is 39.2. The van der Waals surface area contributed by atoms with Crippen LogP contribution >= 0.6 is 0 Å². The molecule has 0 saturated carbocycles. The molecule has 57 heavy (non-hydrogen) atoms. The Morgan fingerprint density at radius 1 is 0.474 bits per heavy atom. The maximum absolute atomic E-state index is 10.5. The summed E-state index contributed by atoms with van der Waals surface area (Å²) in [4.78, 5) is 0. The van der Waals surface area contributed by atoms with Gasteiger partial charge in [0.15, 0.2) is 6.29 Å². The molecule has 0 amide bonds. The van der Waals surface area contributed by atoms with Gasteiger partial charge in [0.25, 0.3) is 0 Å². The highest BCUT2D eigenvalue weighted by molar-refractivity contribution is 4.90. The van der Waals surface area contributed by atoms with E-state index >= 15 is 0 Å². The van der Waals surface area contributed by atoms with Crippen molar-refractivity contribution in [1.82, 2.24) is 0 Å². The van der Waals surface area contributed by atoms with Crippen molar-refractivity contribution < 1.29 is 39.4 Å². The van der Waals surface area contributed by atoms with Gasteiger partial charge in [-0.05, 0) is 60.2 Å². The molecule has 0 spiro atoms. The van der Waals surface area contributed by atoms with Gasteiger partial charge in [0, 0.05) is 13.2 Å². The number of aliphatic hydroxyl groups excluding tert-OH is 4. The molecule has 0 aliphatic carbocycles. The average Bonchev–Trinajstić information content (AvgIpc) is 3.43. The molecule has 2 unspecified atom stereocenters. The first kappa shape index (κ1) is 54.7. The van der Waals surface area contributed by atoms with Crippen LogP contribution in [0.1, 0.15) is 198 Å². The fraction of sp³-hybridized carbons (Fsp3) is 1.00. The molecule has 342 valence electrons. The first-order chi connectivity index (χ1) is 27.1. The molecule has 1 heterocycles. The van der Waals surface area contributed by atoms with Crippen molar-refractivity contribution in [3.63, 3.8) is 0 Å². The highest BCUT2D eigenvalue weighted by Gasteiger charge is 2.46. The van der Waals surface area contributed by atoms with E-state index in [1.165, 1.54) is 116 Å². The van der Waals surface area contributed by atoms with E-state index in [0.29, 0.717) is 31.7 Å². The van der Waals surface area contributed by atoms with Gasteiger partial charge in [0.1, 0.15) is 30.5 Å². The Labute approximate surface area is 353 Å². The van der Waals surface area contributed by atoms with E-state index < -0.39 is 37.3 Å². The van der Waals surface area contributed by atoms with E-state index in [4.69, 9.17) is 18.9 Å². The predicted molar refractivity (Wildman–Crippen MR) is 237 cm³/mol. The SMILES string of the molecule is CC(C)CCC[C@@H](C)CCC[C@@H](C)CCCC(C)CCOC[C@@H](CO[C@H]1O[C@H]([C@H](O)CO)[C@H](O)[C@@H]1O)OCCC(C)CCC[C@H](C)CCC[C@H](C)CCCC(C)C. The lowest BCUT2D eigenvalue weighted by Crippen LogP contribution is -2.40. The molecule has 1 aliphatic rings. The largest absolute Gasteiger partial charge is 0.394 e. The summed E-state index contributed by atoms with van der Waals surface area (Å²) in [6, 6.07) is 0. The van der Waals surface area contributed by atoms with Crippen LogP contribution in [0, 0.1) is 47.3 Å². The van der Waals surface area contributed by atoms with Crippen molar-refractivity contribution >= 4 is 0 Å². The summed E-state index contributed by atoms with van der Waals surface area (Å²) in [7, 11) is 0. The third kappa shape index (κ3) is 28.0. The van der Waals surface area contributed by atoms with E-state index in [0.717, 1.165) is 48.3 Å². The number of aliphatic hydroxyl groups is 4. The second-order valence-corrected chi connectivity index (χ2v) is 20.2. The summed E-state index contributed by atoms with van der Waals surface area (Å²) in [6.45, 7) is 24.8. The maximum atomic E-state index is 10.5. The third-order valence-electron chi connectivity index (χ3n) is 12.8. The average molecular weight is 815 g/mol. The molecular weight excluding hydrogens is 717 g/mol. The van der Waals surface area contributed by atoms with E-state index in [-0.39, 0.29) is 12.7 Å². The van der Waals surface area contributed by atoms with Crippen LogP contribution in [0.25, 0.3) is 0 Å². The molecular formula is C49H98O8. The minimum absolute atomic E-state index is 0.128. The summed E-state index contributed by atoms with van der Waals surface area (Å²) in [6.07, 6.45) is 19.2. The lowest BCUT2D eigenvalue weighted by molar-refractivity contribution is -0.198. The van der Waals surface area contributed by atoms with Crippen molar-refractivity contribution in [2.45, 2.75) is 234 Å². The van der Waals surface area contributed by atoms with Gasteiger partial charge in [-0.2, -0.15) is 0 Å². The summed E-state index contributed by atoms with van der Waals surface area (Å²) in [5, 5.41) is 40.2. The second kappa shape index (κ2) is 33.3. The molecule has 0 bridgehead atoms. The molecule has 1 aliphatic heterocycles. The Morgan fingerprint density at radius 2 is 0.842 bits per heavy atom. The normalized spacial score (nSPS) is 23.2. The van der Waals surface area contributed by atoms with E-state index in [9.17, 15) is 20.4 Å². The summed E-state index contributed by atoms with van der Waals surface area (Å²) >= 11 is 0. The van der Waals surface area contributed by atoms with Crippen LogP contribution in [0.4, 0.5) is 0 Å². The highest BCUT2D eigenvalue weighted by atomic mass is 16.7. The second-order valence-electron chi connectivity index (χ2n) is 20.2. The molecule has 0 aromatic carbocycles. The van der Waals surface area contributed by atoms with Gasteiger partial charge in [0.05, 0.1) is 19.8 Å². The molecule has 0 radical (unpaired) electrons. The van der Waals surface area contributed by atoms with Crippen LogP contribution < -0.4 is 0 Å². The summed E-state index contributed by atoms with van der Waals surface area (Å²) < 4.78 is 23.9. The number of ether oxygens (including phenoxy) is 4. The molecule has 0 aromatic rings. The topological polar surface area (TPSA) is 118 Å². The molecule has 1 saturated heterocycles. The van der Waals surface area contributed by atoms with Crippen LogP contribution in [0.3, 0.4) is 0 Å². The molecule has 1 fully saturated rings.